The monoisotopic (exact) mass is 489 g/mol. The standard InChI is InChI=1S/C22H14Cl3N3O4/c23-14-8-9-16(18(25)11-14)22(31)32-15-5-3-4-13(10-15)12-26-28-21(30)20(29)27-19-7-2-1-6-17(19)24/h1-12H,(H,27,29)(H,28,30). The van der Waals surface area contributed by atoms with Crippen LogP contribution in [0.25, 0.3) is 0 Å². The maximum absolute atomic E-state index is 12.3. The number of hydrogen-bond donors (Lipinski definition) is 2. The number of nitrogens with one attached hydrogen (secondary N) is 2. The van der Waals surface area contributed by atoms with E-state index >= 15 is 0 Å². The Hall–Kier alpha value is -3.39. The second kappa shape index (κ2) is 10.8. The lowest BCUT2D eigenvalue weighted by Gasteiger charge is -2.07. The van der Waals surface area contributed by atoms with E-state index in [4.69, 9.17) is 39.5 Å². The summed E-state index contributed by atoms with van der Waals surface area (Å²) in [4.78, 5) is 36.2. The minimum atomic E-state index is -0.985. The summed E-state index contributed by atoms with van der Waals surface area (Å²) in [6, 6.07) is 17.3. The quantitative estimate of drug-likeness (QED) is 0.174. The molecule has 7 nitrogen and oxygen atoms in total. The van der Waals surface area contributed by atoms with Crippen molar-refractivity contribution in [2.75, 3.05) is 5.32 Å². The molecular formula is C22H14Cl3N3O4. The summed E-state index contributed by atoms with van der Waals surface area (Å²) in [5, 5.41) is 6.97. The number of para-hydroxylation sites is 1. The average Bonchev–Trinajstić information content (AvgIpc) is 2.75. The van der Waals surface area contributed by atoms with Crippen molar-refractivity contribution in [1.29, 1.82) is 0 Å². The molecule has 0 atom stereocenters. The second-order valence-corrected chi connectivity index (χ2v) is 7.47. The molecule has 0 saturated carbocycles. The molecule has 3 aromatic rings. The molecular weight excluding hydrogens is 477 g/mol. The van der Waals surface area contributed by atoms with Gasteiger partial charge in [-0.05, 0) is 48.0 Å². The van der Waals surface area contributed by atoms with Crippen LogP contribution in [-0.4, -0.2) is 24.0 Å². The number of ether oxygens (including phenoxy) is 1. The van der Waals surface area contributed by atoms with Gasteiger partial charge in [0.15, 0.2) is 0 Å². The predicted molar refractivity (Wildman–Crippen MR) is 124 cm³/mol. The van der Waals surface area contributed by atoms with E-state index < -0.39 is 17.8 Å². The van der Waals surface area contributed by atoms with Gasteiger partial charge < -0.3 is 10.1 Å². The first-order valence-corrected chi connectivity index (χ1v) is 10.1. The SMILES string of the molecule is O=C(NN=Cc1cccc(OC(=O)c2ccc(Cl)cc2Cl)c1)C(=O)Nc1ccccc1Cl. The Morgan fingerprint density at radius 3 is 2.38 bits per heavy atom. The molecule has 0 aromatic heterocycles. The van der Waals surface area contributed by atoms with Crippen molar-refractivity contribution in [2.45, 2.75) is 0 Å². The summed E-state index contributed by atoms with van der Waals surface area (Å²) in [6.07, 6.45) is 1.29. The summed E-state index contributed by atoms with van der Waals surface area (Å²) in [7, 11) is 0. The van der Waals surface area contributed by atoms with E-state index in [1.54, 1.807) is 42.5 Å². The number of amides is 2. The van der Waals surface area contributed by atoms with Gasteiger partial charge in [-0.1, -0.05) is 59.1 Å². The van der Waals surface area contributed by atoms with Crippen LogP contribution in [0.4, 0.5) is 5.69 Å². The zero-order chi connectivity index (χ0) is 23.1. The van der Waals surface area contributed by atoms with Gasteiger partial charge in [0.05, 0.1) is 27.5 Å². The molecule has 2 amide bonds. The third kappa shape index (κ3) is 6.31. The third-order valence-electron chi connectivity index (χ3n) is 3.93. The molecule has 0 aliphatic carbocycles. The van der Waals surface area contributed by atoms with Gasteiger partial charge in [-0.15, -0.1) is 0 Å². The number of hydrogen-bond acceptors (Lipinski definition) is 5. The van der Waals surface area contributed by atoms with Crippen LogP contribution in [0.3, 0.4) is 0 Å². The molecule has 2 N–H and O–H groups in total. The lowest BCUT2D eigenvalue weighted by atomic mass is 10.2. The summed E-state index contributed by atoms with van der Waals surface area (Å²) in [6.45, 7) is 0. The second-order valence-electron chi connectivity index (χ2n) is 6.22. The van der Waals surface area contributed by atoms with Crippen molar-refractivity contribution in [3.05, 3.63) is 92.9 Å². The fourth-order valence-corrected chi connectivity index (χ4v) is 3.10. The molecule has 0 spiro atoms. The largest absolute Gasteiger partial charge is 0.423 e. The number of benzene rings is 3. The molecule has 3 aromatic carbocycles. The third-order valence-corrected chi connectivity index (χ3v) is 4.81. The lowest BCUT2D eigenvalue weighted by molar-refractivity contribution is -0.136. The van der Waals surface area contributed by atoms with Crippen LogP contribution in [0, 0.1) is 0 Å². The number of anilines is 1. The molecule has 0 heterocycles. The van der Waals surface area contributed by atoms with Gasteiger partial charge in [-0.2, -0.15) is 5.10 Å². The van der Waals surface area contributed by atoms with Gasteiger partial charge in [0, 0.05) is 5.02 Å². The zero-order valence-corrected chi connectivity index (χ0v) is 18.4. The minimum Gasteiger partial charge on any atom is -0.423 e. The summed E-state index contributed by atoms with van der Waals surface area (Å²) < 4.78 is 5.31. The number of halogens is 3. The smallest absolute Gasteiger partial charge is 0.345 e. The highest BCUT2D eigenvalue weighted by atomic mass is 35.5. The molecule has 0 aliphatic rings. The van der Waals surface area contributed by atoms with Crippen molar-refractivity contribution in [1.82, 2.24) is 5.43 Å². The molecule has 0 fully saturated rings. The van der Waals surface area contributed by atoms with E-state index in [1.807, 2.05) is 0 Å². The number of nitrogens with zero attached hydrogens (tertiary/aromatic N) is 1. The number of esters is 1. The number of carbonyl (C=O) groups is 3. The average molecular weight is 491 g/mol. The normalized spacial score (nSPS) is 10.6. The molecule has 0 radical (unpaired) electrons. The van der Waals surface area contributed by atoms with Crippen molar-refractivity contribution >= 4 is 64.5 Å². The highest BCUT2D eigenvalue weighted by Crippen LogP contribution is 2.23. The first kappa shape index (κ1) is 23.3. The first-order chi connectivity index (χ1) is 15.3. The molecule has 0 saturated heterocycles. The topological polar surface area (TPSA) is 96.9 Å². The molecule has 0 unspecified atom stereocenters. The van der Waals surface area contributed by atoms with Crippen LogP contribution in [0.15, 0.2) is 71.8 Å². The maximum Gasteiger partial charge on any atom is 0.345 e. The van der Waals surface area contributed by atoms with E-state index in [0.717, 1.165) is 0 Å². The van der Waals surface area contributed by atoms with Gasteiger partial charge in [0.2, 0.25) is 0 Å². The maximum atomic E-state index is 12.3. The number of carbonyl (C=O) groups excluding carboxylic acids is 3. The van der Waals surface area contributed by atoms with Gasteiger partial charge in [-0.3, -0.25) is 9.59 Å². The summed E-state index contributed by atoms with van der Waals surface area (Å²) >= 11 is 17.8. The predicted octanol–water partition coefficient (Wildman–Crippen LogP) is 4.95. The first-order valence-electron chi connectivity index (χ1n) is 8.99. The fraction of sp³-hybridized carbons (Fsp3) is 0. The van der Waals surface area contributed by atoms with E-state index in [-0.39, 0.29) is 16.3 Å². The fourth-order valence-electron chi connectivity index (χ4n) is 2.43. The van der Waals surface area contributed by atoms with Crippen LogP contribution in [0.5, 0.6) is 5.75 Å². The van der Waals surface area contributed by atoms with Gasteiger partial charge in [0.25, 0.3) is 0 Å². The number of hydrazone groups is 1. The van der Waals surface area contributed by atoms with E-state index in [2.05, 4.69) is 15.8 Å². The Bertz CT molecular complexity index is 1210. The van der Waals surface area contributed by atoms with E-state index in [1.165, 1.54) is 30.5 Å². The molecule has 10 heteroatoms. The Morgan fingerprint density at radius 1 is 0.844 bits per heavy atom. The highest BCUT2D eigenvalue weighted by molar-refractivity contribution is 6.41. The van der Waals surface area contributed by atoms with Crippen LogP contribution >= 0.6 is 34.8 Å². The number of rotatable bonds is 5. The van der Waals surface area contributed by atoms with E-state index in [9.17, 15) is 14.4 Å². The summed E-state index contributed by atoms with van der Waals surface area (Å²) in [5.41, 5.74) is 3.07. The van der Waals surface area contributed by atoms with Crippen molar-refractivity contribution in [3.8, 4) is 5.75 Å². The molecule has 0 bridgehead atoms. The van der Waals surface area contributed by atoms with Crippen LogP contribution < -0.4 is 15.5 Å². The van der Waals surface area contributed by atoms with Crippen molar-refractivity contribution in [3.63, 3.8) is 0 Å². The minimum absolute atomic E-state index is 0.159. The van der Waals surface area contributed by atoms with Gasteiger partial charge in [-0.25, -0.2) is 10.2 Å². The van der Waals surface area contributed by atoms with Crippen LogP contribution in [-0.2, 0) is 9.59 Å². The van der Waals surface area contributed by atoms with E-state index in [0.29, 0.717) is 21.3 Å². The molecule has 162 valence electrons. The molecule has 0 aliphatic heterocycles. The Kier molecular flexibility index (Phi) is 7.83. The Morgan fingerprint density at radius 2 is 1.62 bits per heavy atom. The van der Waals surface area contributed by atoms with Gasteiger partial charge in [0.1, 0.15) is 5.75 Å². The molecule has 3 rings (SSSR count). The van der Waals surface area contributed by atoms with Crippen molar-refractivity contribution < 1.29 is 19.1 Å². The van der Waals surface area contributed by atoms with Gasteiger partial charge >= 0.3 is 17.8 Å². The Labute approximate surface area is 197 Å². The molecule has 32 heavy (non-hydrogen) atoms. The van der Waals surface area contributed by atoms with Crippen LogP contribution in [0.1, 0.15) is 15.9 Å². The van der Waals surface area contributed by atoms with Crippen molar-refractivity contribution in [2.24, 2.45) is 5.10 Å². The van der Waals surface area contributed by atoms with Crippen LogP contribution in [0.2, 0.25) is 15.1 Å². The summed E-state index contributed by atoms with van der Waals surface area (Å²) in [5.74, 6) is -2.35. The zero-order valence-electron chi connectivity index (χ0n) is 16.1. The lowest BCUT2D eigenvalue weighted by Crippen LogP contribution is -2.32. The highest BCUT2D eigenvalue weighted by Gasteiger charge is 2.15. The Balaban J connectivity index is 1.59.